The van der Waals surface area contributed by atoms with Crippen molar-refractivity contribution in [2.75, 3.05) is 5.73 Å². The minimum absolute atomic E-state index is 0. The molecule has 0 spiro atoms. The first-order valence-corrected chi connectivity index (χ1v) is 7.90. The van der Waals surface area contributed by atoms with Crippen LogP contribution >= 0.6 is 0 Å². The quantitative estimate of drug-likeness (QED) is 0.338. The van der Waals surface area contributed by atoms with Crippen molar-refractivity contribution in [1.29, 1.82) is 0 Å². The van der Waals surface area contributed by atoms with Crippen LogP contribution in [0.4, 0.5) is 5.69 Å². The average molecular weight is 359 g/mol. The van der Waals surface area contributed by atoms with E-state index in [4.69, 9.17) is 14.8 Å². The molecule has 0 fully saturated rings. The Morgan fingerprint density at radius 2 is 1.48 bits per heavy atom. The molecular formula is C10H9CaNO7S2. The maximum atomic E-state index is 11.3. The van der Waals surface area contributed by atoms with Gasteiger partial charge in [0.15, 0.2) is 0 Å². The topological polar surface area (TPSA) is 155 Å². The third-order valence-electron chi connectivity index (χ3n) is 2.62. The Labute approximate surface area is 150 Å². The molecule has 110 valence electrons. The zero-order chi connectivity index (χ0) is 15.3. The van der Waals surface area contributed by atoms with Crippen molar-refractivity contribution in [3.8, 4) is 5.75 Å². The molecule has 2 aromatic rings. The van der Waals surface area contributed by atoms with Crippen LogP contribution in [-0.4, -0.2) is 68.8 Å². The van der Waals surface area contributed by atoms with E-state index in [1.807, 2.05) is 0 Å². The SMILES string of the molecule is Nc1ccc2c(O)cc(S(=O)(=O)O)cc2c1S(=O)(=O)O.[Ca]. The Kier molecular flexibility index (Phi) is 5.16. The third kappa shape index (κ3) is 3.59. The second-order valence-electron chi connectivity index (χ2n) is 3.97. The predicted molar refractivity (Wildman–Crippen MR) is 75.4 cm³/mol. The van der Waals surface area contributed by atoms with Crippen LogP contribution in [0.3, 0.4) is 0 Å². The zero-order valence-corrected chi connectivity index (χ0v) is 14.2. The largest absolute Gasteiger partial charge is 0.507 e. The molecule has 0 atom stereocenters. The van der Waals surface area contributed by atoms with Crippen LogP contribution in [0.15, 0.2) is 34.1 Å². The number of hydrogen-bond donors (Lipinski definition) is 4. The number of aromatic hydroxyl groups is 1. The first-order valence-electron chi connectivity index (χ1n) is 5.02. The molecule has 8 nitrogen and oxygen atoms in total. The van der Waals surface area contributed by atoms with Gasteiger partial charge in [0, 0.05) is 54.6 Å². The van der Waals surface area contributed by atoms with Gasteiger partial charge in [-0.05, 0) is 18.2 Å². The second-order valence-corrected chi connectivity index (χ2v) is 6.75. The Hall–Kier alpha value is -0.620. The van der Waals surface area contributed by atoms with Gasteiger partial charge in [-0.2, -0.15) is 16.8 Å². The van der Waals surface area contributed by atoms with Crippen LogP contribution in [0, 0.1) is 0 Å². The fraction of sp³-hybridized carbons (Fsp3) is 0. The monoisotopic (exact) mass is 359 g/mol. The van der Waals surface area contributed by atoms with E-state index in [9.17, 15) is 21.9 Å². The molecule has 5 N–H and O–H groups in total. The summed E-state index contributed by atoms with van der Waals surface area (Å²) in [5.74, 6) is -0.583. The summed E-state index contributed by atoms with van der Waals surface area (Å²) in [5.41, 5.74) is 5.12. The van der Waals surface area contributed by atoms with Gasteiger partial charge >= 0.3 is 0 Å². The summed E-state index contributed by atoms with van der Waals surface area (Å²) in [6, 6.07) is 3.94. The molecule has 2 rings (SSSR count). The summed E-state index contributed by atoms with van der Waals surface area (Å²) in [7, 11) is -9.42. The number of nitrogen functional groups attached to an aromatic ring is 1. The molecule has 2 aromatic carbocycles. The van der Waals surface area contributed by atoms with E-state index in [1.165, 1.54) is 6.07 Å². The van der Waals surface area contributed by atoms with Crippen LogP contribution in [0.2, 0.25) is 0 Å². The third-order valence-corrected chi connectivity index (χ3v) is 4.43. The van der Waals surface area contributed by atoms with Crippen molar-refractivity contribution >= 4 is 74.4 Å². The van der Waals surface area contributed by atoms with Crippen molar-refractivity contribution < 1.29 is 31.0 Å². The number of rotatable bonds is 2. The summed E-state index contributed by atoms with van der Waals surface area (Å²) in [6.45, 7) is 0. The first kappa shape index (κ1) is 18.4. The molecule has 0 saturated heterocycles. The van der Waals surface area contributed by atoms with Crippen LogP contribution in [0.5, 0.6) is 5.75 Å². The molecule has 0 saturated carbocycles. The van der Waals surface area contributed by atoms with E-state index in [-0.39, 0.29) is 54.2 Å². The minimum atomic E-state index is -4.75. The number of benzene rings is 2. The molecule has 0 unspecified atom stereocenters. The fourth-order valence-electron chi connectivity index (χ4n) is 1.82. The maximum Gasteiger partial charge on any atom is 0.297 e. The summed E-state index contributed by atoms with van der Waals surface area (Å²) in [4.78, 5) is -1.46. The number of hydrogen-bond acceptors (Lipinski definition) is 6. The predicted octanol–water partition coefficient (Wildman–Crippen LogP) is 0.240. The molecule has 0 aromatic heterocycles. The van der Waals surface area contributed by atoms with Gasteiger partial charge in [-0.15, -0.1) is 0 Å². The number of nitrogens with two attached hydrogens (primary N) is 1. The normalized spacial score (nSPS) is 12.1. The molecule has 0 aliphatic carbocycles. The summed E-state index contributed by atoms with van der Waals surface area (Å²) in [5, 5.41) is 9.34. The van der Waals surface area contributed by atoms with Crippen molar-refractivity contribution in [2.45, 2.75) is 9.79 Å². The summed E-state index contributed by atoms with van der Waals surface area (Å²) in [6.07, 6.45) is 0. The second kappa shape index (κ2) is 5.88. The van der Waals surface area contributed by atoms with Gasteiger partial charge in [0.2, 0.25) is 0 Å². The van der Waals surface area contributed by atoms with Gasteiger partial charge < -0.3 is 10.8 Å². The van der Waals surface area contributed by atoms with E-state index in [0.29, 0.717) is 0 Å². The van der Waals surface area contributed by atoms with Crippen molar-refractivity contribution in [3.05, 3.63) is 24.3 Å². The van der Waals surface area contributed by atoms with E-state index in [1.54, 1.807) is 0 Å². The number of fused-ring (bicyclic) bond motifs is 1. The van der Waals surface area contributed by atoms with E-state index in [2.05, 4.69) is 0 Å². The Morgan fingerprint density at radius 3 is 1.95 bits per heavy atom. The Balaban J connectivity index is 0.00000220. The van der Waals surface area contributed by atoms with E-state index >= 15 is 0 Å². The van der Waals surface area contributed by atoms with Crippen molar-refractivity contribution in [3.63, 3.8) is 0 Å². The molecule has 0 aliphatic heterocycles. The minimum Gasteiger partial charge on any atom is -0.507 e. The molecule has 11 heteroatoms. The van der Waals surface area contributed by atoms with E-state index in [0.717, 1.165) is 18.2 Å². The van der Waals surface area contributed by atoms with Crippen molar-refractivity contribution in [2.24, 2.45) is 0 Å². The number of phenols is 1. The standard InChI is InChI=1S/C10H9NO7S2.Ca/c11-8-2-1-6-7(10(8)20(16,17)18)3-5(4-9(6)12)19(13,14)15;/h1-4,12H,11H2,(H,13,14,15)(H,16,17,18);. The fourth-order valence-corrected chi connectivity index (χ4v) is 3.16. The molecule has 0 aliphatic rings. The van der Waals surface area contributed by atoms with Gasteiger partial charge in [0.25, 0.3) is 20.2 Å². The summed E-state index contributed by atoms with van der Waals surface area (Å²) < 4.78 is 62.9. The Bertz CT molecular complexity index is 922. The van der Waals surface area contributed by atoms with Gasteiger partial charge in [0.1, 0.15) is 10.6 Å². The summed E-state index contributed by atoms with van der Waals surface area (Å²) >= 11 is 0. The average Bonchev–Trinajstić information content (AvgIpc) is 2.24. The maximum absolute atomic E-state index is 11.3. The van der Waals surface area contributed by atoms with Gasteiger partial charge in [-0.25, -0.2) is 0 Å². The molecule has 0 amide bonds. The van der Waals surface area contributed by atoms with Crippen LogP contribution in [0.1, 0.15) is 0 Å². The number of anilines is 1. The van der Waals surface area contributed by atoms with Crippen molar-refractivity contribution in [1.82, 2.24) is 0 Å². The number of phenolic OH excluding ortho intramolecular Hbond substituents is 1. The molecule has 0 bridgehead atoms. The van der Waals surface area contributed by atoms with Gasteiger partial charge in [-0.3, -0.25) is 9.11 Å². The van der Waals surface area contributed by atoms with Crippen LogP contribution < -0.4 is 5.73 Å². The van der Waals surface area contributed by atoms with Gasteiger partial charge in [-0.1, -0.05) is 0 Å². The van der Waals surface area contributed by atoms with Crippen LogP contribution in [0.25, 0.3) is 10.8 Å². The first-order chi connectivity index (χ1) is 9.01. The van der Waals surface area contributed by atoms with E-state index < -0.39 is 35.8 Å². The molecule has 0 heterocycles. The zero-order valence-electron chi connectivity index (χ0n) is 10.4. The Morgan fingerprint density at radius 1 is 0.905 bits per heavy atom. The van der Waals surface area contributed by atoms with Gasteiger partial charge in [0.05, 0.1) is 10.6 Å². The molecule has 2 radical (unpaired) electrons. The molecular weight excluding hydrogens is 350 g/mol. The van der Waals surface area contributed by atoms with Crippen LogP contribution in [-0.2, 0) is 20.2 Å². The molecule has 21 heavy (non-hydrogen) atoms. The smallest absolute Gasteiger partial charge is 0.297 e.